The summed E-state index contributed by atoms with van der Waals surface area (Å²) >= 11 is 1.88. The minimum Gasteiger partial charge on any atom is -0.378 e. The normalized spacial score (nSPS) is 29.1. The molecule has 2 nitrogen and oxygen atoms in total. The second kappa shape index (κ2) is 6.68. The van der Waals surface area contributed by atoms with E-state index in [1.165, 1.54) is 31.4 Å². The number of thioether (sulfide) groups is 1. The fourth-order valence-corrected chi connectivity index (χ4v) is 2.19. The maximum atomic E-state index is 5.87. The van der Waals surface area contributed by atoms with Crippen molar-refractivity contribution in [1.29, 1.82) is 0 Å². The van der Waals surface area contributed by atoms with Gasteiger partial charge in [0, 0.05) is 12.6 Å². The van der Waals surface area contributed by atoms with Gasteiger partial charge in [-0.25, -0.2) is 0 Å². The van der Waals surface area contributed by atoms with Crippen molar-refractivity contribution in [3.8, 4) is 0 Å². The summed E-state index contributed by atoms with van der Waals surface area (Å²) in [6.45, 7) is 0.915. The van der Waals surface area contributed by atoms with Crippen molar-refractivity contribution in [3.05, 3.63) is 0 Å². The first-order valence-corrected chi connectivity index (χ1v) is 6.58. The highest BCUT2D eigenvalue weighted by Crippen LogP contribution is 2.19. The Morgan fingerprint density at radius 2 is 2.31 bits per heavy atom. The molecule has 1 saturated carbocycles. The van der Waals surface area contributed by atoms with E-state index in [9.17, 15) is 0 Å². The highest BCUT2D eigenvalue weighted by molar-refractivity contribution is 7.98. The van der Waals surface area contributed by atoms with Crippen molar-refractivity contribution in [2.24, 2.45) is 5.73 Å². The molecule has 3 heteroatoms. The van der Waals surface area contributed by atoms with Crippen LogP contribution in [0.5, 0.6) is 0 Å². The van der Waals surface area contributed by atoms with Crippen LogP contribution in [0.15, 0.2) is 0 Å². The topological polar surface area (TPSA) is 35.2 Å². The van der Waals surface area contributed by atoms with Crippen LogP contribution in [0.25, 0.3) is 0 Å². The molecular weight excluding hydrogens is 182 g/mol. The molecule has 1 rings (SSSR count). The van der Waals surface area contributed by atoms with Crippen molar-refractivity contribution in [2.45, 2.75) is 44.2 Å². The van der Waals surface area contributed by atoms with E-state index in [0.29, 0.717) is 12.1 Å². The third-order valence-corrected chi connectivity index (χ3v) is 3.21. The number of rotatable bonds is 5. The standard InChI is InChI=1S/C10H21NOS/c1-13-7-3-6-12-10-5-2-4-9(11)8-10/h9-10H,2-8,11H2,1H3. The van der Waals surface area contributed by atoms with Crippen LogP contribution in [0.4, 0.5) is 0 Å². The molecule has 0 heterocycles. The summed E-state index contributed by atoms with van der Waals surface area (Å²) in [4.78, 5) is 0. The van der Waals surface area contributed by atoms with Gasteiger partial charge in [-0.05, 0) is 44.1 Å². The quantitative estimate of drug-likeness (QED) is 0.694. The van der Waals surface area contributed by atoms with Crippen LogP contribution in [-0.2, 0) is 4.74 Å². The second-order valence-corrected chi connectivity index (χ2v) is 4.75. The SMILES string of the molecule is CSCCCOC1CCCC(N)C1. The average Bonchev–Trinajstić information content (AvgIpc) is 2.13. The Labute approximate surface area is 85.6 Å². The lowest BCUT2D eigenvalue weighted by Gasteiger charge is -2.26. The molecular formula is C10H21NOS. The van der Waals surface area contributed by atoms with Crippen molar-refractivity contribution in [2.75, 3.05) is 18.6 Å². The van der Waals surface area contributed by atoms with Crippen LogP contribution in [0.1, 0.15) is 32.1 Å². The van der Waals surface area contributed by atoms with E-state index in [4.69, 9.17) is 10.5 Å². The van der Waals surface area contributed by atoms with Gasteiger partial charge in [0.15, 0.2) is 0 Å². The Morgan fingerprint density at radius 3 is 3.00 bits per heavy atom. The molecule has 0 radical (unpaired) electrons. The fourth-order valence-electron chi connectivity index (χ4n) is 1.79. The zero-order valence-electron chi connectivity index (χ0n) is 8.50. The van der Waals surface area contributed by atoms with Gasteiger partial charge in [0.25, 0.3) is 0 Å². The van der Waals surface area contributed by atoms with E-state index >= 15 is 0 Å². The molecule has 2 atom stereocenters. The summed E-state index contributed by atoms with van der Waals surface area (Å²) in [5.41, 5.74) is 5.87. The molecule has 78 valence electrons. The predicted octanol–water partition coefficient (Wildman–Crippen LogP) is 2.03. The summed E-state index contributed by atoms with van der Waals surface area (Å²) in [5, 5.41) is 0. The average molecular weight is 203 g/mol. The summed E-state index contributed by atoms with van der Waals surface area (Å²) in [6, 6.07) is 0.388. The van der Waals surface area contributed by atoms with E-state index in [-0.39, 0.29) is 0 Å². The minimum absolute atomic E-state index is 0.388. The Morgan fingerprint density at radius 1 is 1.46 bits per heavy atom. The Balaban J connectivity index is 2.00. The Hall–Kier alpha value is 0.270. The molecule has 13 heavy (non-hydrogen) atoms. The van der Waals surface area contributed by atoms with E-state index < -0.39 is 0 Å². The van der Waals surface area contributed by atoms with Crippen LogP contribution in [0, 0.1) is 0 Å². The lowest BCUT2D eigenvalue weighted by Crippen LogP contribution is -2.32. The second-order valence-electron chi connectivity index (χ2n) is 3.77. The van der Waals surface area contributed by atoms with Crippen LogP contribution >= 0.6 is 11.8 Å². The van der Waals surface area contributed by atoms with Gasteiger partial charge >= 0.3 is 0 Å². The van der Waals surface area contributed by atoms with Gasteiger partial charge in [-0.3, -0.25) is 0 Å². The fraction of sp³-hybridized carbons (Fsp3) is 1.00. The molecule has 0 aromatic heterocycles. The highest BCUT2D eigenvalue weighted by atomic mass is 32.2. The minimum atomic E-state index is 0.388. The summed E-state index contributed by atoms with van der Waals surface area (Å²) in [6.07, 6.45) is 8.47. The van der Waals surface area contributed by atoms with Crippen molar-refractivity contribution >= 4 is 11.8 Å². The lowest BCUT2D eigenvalue weighted by molar-refractivity contribution is 0.0244. The number of hydrogen-bond donors (Lipinski definition) is 1. The van der Waals surface area contributed by atoms with Crippen LogP contribution in [0.2, 0.25) is 0 Å². The Bertz CT molecular complexity index is 132. The molecule has 2 N–H and O–H groups in total. The van der Waals surface area contributed by atoms with Crippen molar-refractivity contribution in [1.82, 2.24) is 0 Å². The van der Waals surface area contributed by atoms with Gasteiger partial charge in [-0.1, -0.05) is 0 Å². The van der Waals surface area contributed by atoms with Crippen molar-refractivity contribution in [3.63, 3.8) is 0 Å². The lowest BCUT2D eigenvalue weighted by atomic mass is 9.94. The zero-order chi connectivity index (χ0) is 9.52. The maximum Gasteiger partial charge on any atom is 0.0589 e. The molecule has 0 aliphatic heterocycles. The molecule has 0 saturated heterocycles. The van der Waals surface area contributed by atoms with E-state index in [1.807, 2.05) is 11.8 Å². The Kier molecular flexibility index (Phi) is 5.83. The van der Waals surface area contributed by atoms with Gasteiger partial charge in [-0.15, -0.1) is 0 Å². The molecule has 0 amide bonds. The zero-order valence-corrected chi connectivity index (χ0v) is 9.31. The summed E-state index contributed by atoms with van der Waals surface area (Å²) < 4.78 is 5.76. The van der Waals surface area contributed by atoms with Gasteiger partial charge in [0.2, 0.25) is 0 Å². The molecule has 1 aliphatic rings. The number of hydrogen-bond acceptors (Lipinski definition) is 3. The van der Waals surface area contributed by atoms with E-state index in [2.05, 4.69) is 6.26 Å². The maximum absolute atomic E-state index is 5.87. The molecule has 0 spiro atoms. The monoisotopic (exact) mass is 203 g/mol. The summed E-state index contributed by atoms with van der Waals surface area (Å²) in [7, 11) is 0. The third kappa shape index (κ3) is 4.89. The summed E-state index contributed by atoms with van der Waals surface area (Å²) in [5.74, 6) is 1.21. The van der Waals surface area contributed by atoms with Crippen LogP contribution in [-0.4, -0.2) is 30.8 Å². The van der Waals surface area contributed by atoms with Crippen molar-refractivity contribution < 1.29 is 4.74 Å². The first-order chi connectivity index (χ1) is 6.33. The van der Waals surface area contributed by atoms with Gasteiger partial charge in [0.1, 0.15) is 0 Å². The van der Waals surface area contributed by atoms with E-state index in [0.717, 1.165) is 13.0 Å². The molecule has 2 unspecified atom stereocenters. The smallest absolute Gasteiger partial charge is 0.0589 e. The van der Waals surface area contributed by atoms with E-state index in [1.54, 1.807) is 0 Å². The molecule has 1 fully saturated rings. The molecule has 0 aromatic carbocycles. The predicted molar refractivity (Wildman–Crippen MR) is 59.2 cm³/mol. The largest absolute Gasteiger partial charge is 0.378 e. The molecule has 0 bridgehead atoms. The van der Waals surface area contributed by atoms with Gasteiger partial charge in [0.05, 0.1) is 6.10 Å². The van der Waals surface area contributed by atoms with Gasteiger partial charge < -0.3 is 10.5 Å². The van der Waals surface area contributed by atoms with Crippen LogP contribution in [0.3, 0.4) is 0 Å². The van der Waals surface area contributed by atoms with Crippen LogP contribution < -0.4 is 5.73 Å². The van der Waals surface area contributed by atoms with Gasteiger partial charge in [-0.2, -0.15) is 11.8 Å². The highest BCUT2D eigenvalue weighted by Gasteiger charge is 2.18. The third-order valence-electron chi connectivity index (χ3n) is 2.51. The number of ether oxygens (including phenoxy) is 1. The molecule has 1 aliphatic carbocycles. The number of nitrogens with two attached hydrogens (primary N) is 1. The molecule has 0 aromatic rings. The first kappa shape index (κ1) is 11.3. The first-order valence-electron chi connectivity index (χ1n) is 5.19.